The van der Waals surface area contributed by atoms with Crippen molar-refractivity contribution in [3.8, 4) is 0 Å². The number of nitrogens with zero attached hydrogens (tertiary/aromatic N) is 2. The van der Waals surface area contributed by atoms with Gasteiger partial charge in [0.15, 0.2) is 0 Å². The Kier molecular flexibility index (Phi) is 4.18. The zero-order valence-electron chi connectivity index (χ0n) is 11.1. The summed E-state index contributed by atoms with van der Waals surface area (Å²) in [7, 11) is 1.99. The molecule has 1 atom stereocenters. The fourth-order valence-corrected chi connectivity index (χ4v) is 2.34. The van der Waals surface area contributed by atoms with Crippen molar-refractivity contribution in [3.63, 3.8) is 0 Å². The van der Waals surface area contributed by atoms with Crippen molar-refractivity contribution >= 4 is 0 Å². The first kappa shape index (κ1) is 12.6. The van der Waals surface area contributed by atoms with Gasteiger partial charge in [0.2, 0.25) is 0 Å². The standard InChI is InChI=1S/C13H23N3O/c1-10(13-9-15-16(3)11(13)2)14-8-12-4-6-17-7-5-12/h9-10,12,14H,4-8H2,1-3H3. The molecule has 0 saturated carbocycles. The predicted octanol–water partition coefficient (Wildman–Crippen LogP) is 1.81. The van der Waals surface area contributed by atoms with E-state index in [2.05, 4.69) is 24.3 Å². The van der Waals surface area contributed by atoms with Crippen LogP contribution in [0.2, 0.25) is 0 Å². The fourth-order valence-electron chi connectivity index (χ4n) is 2.34. The van der Waals surface area contributed by atoms with Gasteiger partial charge >= 0.3 is 0 Å². The normalized spacial score (nSPS) is 19.5. The smallest absolute Gasteiger partial charge is 0.0540 e. The molecule has 1 fully saturated rings. The van der Waals surface area contributed by atoms with Crippen molar-refractivity contribution in [1.29, 1.82) is 0 Å². The molecule has 0 aromatic carbocycles. The minimum Gasteiger partial charge on any atom is -0.381 e. The number of aryl methyl sites for hydroxylation is 1. The SMILES string of the molecule is Cc1c(C(C)NCC2CCOCC2)cnn1C. The van der Waals surface area contributed by atoms with Gasteiger partial charge in [-0.1, -0.05) is 0 Å². The van der Waals surface area contributed by atoms with Crippen LogP contribution < -0.4 is 5.32 Å². The third-order valence-corrected chi connectivity index (χ3v) is 3.79. The van der Waals surface area contributed by atoms with Crippen LogP contribution in [0.5, 0.6) is 0 Å². The van der Waals surface area contributed by atoms with E-state index in [1.165, 1.54) is 24.1 Å². The highest BCUT2D eigenvalue weighted by Crippen LogP contribution is 2.18. The zero-order chi connectivity index (χ0) is 12.3. The molecule has 1 aromatic rings. The Morgan fingerprint density at radius 1 is 1.53 bits per heavy atom. The molecule has 2 heterocycles. The van der Waals surface area contributed by atoms with Gasteiger partial charge in [-0.25, -0.2) is 0 Å². The van der Waals surface area contributed by atoms with Crippen LogP contribution in [0.15, 0.2) is 6.20 Å². The number of ether oxygens (including phenoxy) is 1. The highest BCUT2D eigenvalue weighted by molar-refractivity contribution is 5.19. The molecule has 1 aromatic heterocycles. The first-order chi connectivity index (χ1) is 8.18. The Hall–Kier alpha value is -0.870. The summed E-state index contributed by atoms with van der Waals surface area (Å²) in [6, 6.07) is 0.381. The molecule has 17 heavy (non-hydrogen) atoms. The maximum atomic E-state index is 5.37. The molecule has 4 nitrogen and oxygen atoms in total. The Bertz CT molecular complexity index is 356. The van der Waals surface area contributed by atoms with Gasteiger partial charge in [-0.3, -0.25) is 4.68 Å². The largest absolute Gasteiger partial charge is 0.381 e. The summed E-state index contributed by atoms with van der Waals surface area (Å²) < 4.78 is 7.30. The summed E-state index contributed by atoms with van der Waals surface area (Å²) in [6.45, 7) is 7.26. The average Bonchev–Trinajstić information content (AvgIpc) is 2.69. The van der Waals surface area contributed by atoms with Gasteiger partial charge in [0.25, 0.3) is 0 Å². The lowest BCUT2D eigenvalue weighted by Gasteiger charge is -2.24. The molecule has 4 heteroatoms. The molecule has 1 unspecified atom stereocenters. The molecule has 0 aliphatic carbocycles. The van der Waals surface area contributed by atoms with Gasteiger partial charge in [-0.05, 0) is 39.2 Å². The quantitative estimate of drug-likeness (QED) is 0.868. The molecule has 2 rings (SSSR count). The Morgan fingerprint density at radius 3 is 2.82 bits per heavy atom. The Labute approximate surface area is 103 Å². The van der Waals surface area contributed by atoms with Crippen molar-refractivity contribution in [3.05, 3.63) is 17.5 Å². The molecule has 1 saturated heterocycles. The van der Waals surface area contributed by atoms with E-state index < -0.39 is 0 Å². The van der Waals surface area contributed by atoms with E-state index >= 15 is 0 Å². The maximum Gasteiger partial charge on any atom is 0.0540 e. The summed E-state index contributed by atoms with van der Waals surface area (Å²) in [5.41, 5.74) is 2.55. The lowest BCUT2D eigenvalue weighted by Crippen LogP contribution is -2.29. The second-order valence-electron chi connectivity index (χ2n) is 4.99. The lowest BCUT2D eigenvalue weighted by atomic mass is 9.99. The summed E-state index contributed by atoms with van der Waals surface area (Å²) in [5, 5.41) is 7.90. The van der Waals surface area contributed by atoms with E-state index in [1.807, 2.05) is 17.9 Å². The van der Waals surface area contributed by atoms with Crippen LogP contribution in [-0.2, 0) is 11.8 Å². The summed E-state index contributed by atoms with van der Waals surface area (Å²) in [4.78, 5) is 0. The van der Waals surface area contributed by atoms with Crippen molar-refractivity contribution < 1.29 is 4.74 Å². The van der Waals surface area contributed by atoms with Crippen LogP contribution in [0.4, 0.5) is 0 Å². The van der Waals surface area contributed by atoms with Crippen molar-refractivity contribution in [2.45, 2.75) is 32.7 Å². The number of aromatic nitrogens is 2. The molecular weight excluding hydrogens is 214 g/mol. The minimum absolute atomic E-state index is 0.381. The van der Waals surface area contributed by atoms with Gasteiger partial charge in [0.05, 0.1) is 6.20 Å². The van der Waals surface area contributed by atoms with Crippen LogP contribution in [0.1, 0.15) is 37.1 Å². The monoisotopic (exact) mass is 237 g/mol. The zero-order valence-corrected chi connectivity index (χ0v) is 11.1. The van der Waals surface area contributed by atoms with Crippen molar-refractivity contribution in [2.24, 2.45) is 13.0 Å². The third kappa shape index (κ3) is 3.07. The highest BCUT2D eigenvalue weighted by atomic mass is 16.5. The molecule has 1 aliphatic heterocycles. The summed E-state index contributed by atoms with van der Waals surface area (Å²) in [5.74, 6) is 0.767. The maximum absolute atomic E-state index is 5.37. The van der Waals surface area contributed by atoms with Gasteiger partial charge < -0.3 is 10.1 Å². The van der Waals surface area contributed by atoms with Gasteiger partial charge in [-0.2, -0.15) is 5.10 Å². The Morgan fingerprint density at radius 2 is 2.24 bits per heavy atom. The van der Waals surface area contributed by atoms with Crippen molar-refractivity contribution in [2.75, 3.05) is 19.8 Å². The molecule has 0 bridgehead atoms. The lowest BCUT2D eigenvalue weighted by molar-refractivity contribution is 0.0656. The number of hydrogen-bond acceptors (Lipinski definition) is 3. The van der Waals surface area contributed by atoms with Gasteiger partial charge in [0.1, 0.15) is 0 Å². The van der Waals surface area contributed by atoms with Crippen LogP contribution >= 0.6 is 0 Å². The molecule has 1 N–H and O–H groups in total. The van der Waals surface area contributed by atoms with E-state index in [1.54, 1.807) is 0 Å². The first-order valence-electron chi connectivity index (χ1n) is 6.48. The van der Waals surface area contributed by atoms with E-state index in [-0.39, 0.29) is 0 Å². The molecule has 0 amide bonds. The van der Waals surface area contributed by atoms with Crippen LogP contribution in [0.3, 0.4) is 0 Å². The van der Waals surface area contributed by atoms with Gasteiger partial charge in [0, 0.05) is 37.6 Å². The van der Waals surface area contributed by atoms with Crippen LogP contribution in [0.25, 0.3) is 0 Å². The first-order valence-corrected chi connectivity index (χ1v) is 6.48. The molecular formula is C13H23N3O. The highest BCUT2D eigenvalue weighted by Gasteiger charge is 2.16. The molecule has 96 valence electrons. The third-order valence-electron chi connectivity index (χ3n) is 3.79. The van der Waals surface area contributed by atoms with Gasteiger partial charge in [-0.15, -0.1) is 0 Å². The van der Waals surface area contributed by atoms with Crippen molar-refractivity contribution in [1.82, 2.24) is 15.1 Å². The van der Waals surface area contributed by atoms with Crippen LogP contribution in [-0.4, -0.2) is 29.5 Å². The number of nitrogens with one attached hydrogen (secondary N) is 1. The van der Waals surface area contributed by atoms with E-state index in [0.717, 1.165) is 25.7 Å². The second-order valence-corrected chi connectivity index (χ2v) is 4.99. The number of hydrogen-bond donors (Lipinski definition) is 1. The fraction of sp³-hybridized carbons (Fsp3) is 0.769. The van der Waals surface area contributed by atoms with E-state index in [9.17, 15) is 0 Å². The summed E-state index contributed by atoms with van der Waals surface area (Å²) >= 11 is 0. The molecule has 1 aliphatic rings. The minimum atomic E-state index is 0.381. The second kappa shape index (κ2) is 5.65. The average molecular weight is 237 g/mol. The molecule has 0 radical (unpaired) electrons. The van der Waals surface area contributed by atoms with E-state index in [4.69, 9.17) is 4.74 Å². The summed E-state index contributed by atoms with van der Waals surface area (Å²) in [6.07, 6.45) is 4.34. The topological polar surface area (TPSA) is 39.1 Å². The molecule has 0 spiro atoms. The number of rotatable bonds is 4. The Balaban J connectivity index is 1.84. The predicted molar refractivity (Wildman–Crippen MR) is 67.9 cm³/mol. The van der Waals surface area contributed by atoms with Crippen LogP contribution in [0, 0.1) is 12.8 Å². The van der Waals surface area contributed by atoms with E-state index in [0.29, 0.717) is 6.04 Å².